The van der Waals surface area contributed by atoms with Crippen molar-refractivity contribution in [1.29, 1.82) is 0 Å². The lowest BCUT2D eigenvalue weighted by Crippen LogP contribution is -2.15. The van der Waals surface area contributed by atoms with Crippen LogP contribution in [-0.4, -0.2) is 33.0 Å². The van der Waals surface area contributed by atoms with Gasteiger partial charge in [0.1, 0.15) is 17.5 Å². The Morgan fingerprint density at radius 2 is 1.89 bits per heavy atom. The number of nitrogens with zero attached hydrogens (tertiary/aromatic N) is 3. The average molecular weight is 405 g/mol. The first-order chi connectivity index (χ1) is 13.0. The summed E-state index contributed by atoms with van der Waals surface area (Å²) >= 11 is 11.9. The Morgan fingerprint density at radius 1 is 1.07 bits per heavy atom. The van der Waals surface area contributed by atoms with E-state index in [1.165, 1.54) is 12.3 Å². The molecule has 3 aromatic rings. The molecule has 0 radical (unpaired) electrons. The van der Waals surface area contributed by atoms with Gasteiger partial charge in [-0.2, -0.15) is 0 Å². The predicted molar refractivity (Wildman–Crippen MR) is 109 cm³/mol. The number of aromatic amines is 1. The van der Waals surface area contributed by atoms with Gasteiger partial charge in [-0.3, -0.25) is 4.79 Å². The van der Waals surface area contributed by atoms with E-state index in [4.69, 9.17) is 23.2 Å². The van der Waals surface area contributed by atoms with Gasteiger partial charge in [0.25, 0.3) is 5.56 Å². The molecule has 27 heavy (non-hydrogen) atoms. The summed E-state index contributed by atoms with van der Waals surface area (Å²) < 4.78 is 0. The molecule has 3 heterocycles. The summed E-state index contributed by atoms with van der Waals surface area (Å²) in [4.78, 5) is 27.3. The largest absolute Gasteiger partial charge is 0.368 e. The van der Waals surface area contributed by atoms with Gasteiger partial charge in [-0.1, -0.05) is 30.1 Å². The summed E-state index contributed by atoms with van der Waals surface area (Å²) in [5.74, 6) is 1.81. The molecule has 0 amide bonds. The van der Waals surface area contributed by atoms with Crippen molar-refractivity contribution < 1.29 is 0 Å². The van der Waals surface area contributed by atoms with Crippen molar-refractivity contribution in [3.05, 3.63) is 62.8 Å². The van der Waals surface area contributed by atoms with Gasteiger partial charge < -0.3 is 15.6 Å². The predicted octanol–water partition coefficient (Wildman–Crippen LogP) is 3.62. The maximum absolute atomic E-state index is 11.7. The fourth-order valence-electron chi connectivity index (χ4n) is 2.38. The second kappa shape index (κ2) is 8.83. The van der Waals surface area contributed by atoms with Crippen LogP contribution in [0.25, 0.3) is 11.4 Å². The molecule has 3 rings (SSSR count). The zero-order valence-electron chi connectivity index (χ0n) is 14.6. The molecular weight excluding hydrogens is 387 g/mol. The number of hydrogen-bond acceptors (Lipinski definition) is 6. The molecular formula is C18H18Cl2N6O. The molecule has 3 N–H and O–H groups in total. The molecule has 0 unspecified atom stereocenters. The molecule has 0 bridgehead atoms. The highest BCUT2D eigenvalue weighted by molar-refractivity contribution is 6.35. The zero-order chi connectivity index (χ0) is 19.2. The van der Waals surface area contributed by atoms with Crippen LogP contribution in [0, 0.1) is 0 Å². The van der Waals surface area contributed by atoms with Gasteiger partial charge >= 0.3 is 0 Å². The molecule has 0 aromatic carbocycles. The number of H-pyrrole nitrogens is 1. The summed E-state index contributed by atoms with van der Waals surface area (Å²) in [6.07, 6.45) is 3.91. The Labute approximate surface area is 166 Å². The molecule has 0 aliphatic rings. The average Bonchev–Trinajstić information content (AvgIpc) is 2.66. The van der Waals surface area contributed by atoms with Crippen LogP contribution in [-0.2, 0) is 6.42 Å². The summed E-state index contributed by atoms with van der Waals surface area (Å²) in [7, 11) is 0. The van der Waals surface area contributed by atoms with E-state index < -0.39 is 0 Å². The van der Waals surface area contributed by atoms with Gasteiger partial charge in [-0.05, 0) is 24.6 Å². The van der Waals surface area contributed by atoms with E-state index in [0.29, 0.717) is 47.0 Å². The summed E-state index contributed by atoms with van der Waals surface area (Å²) in [5.41, 5.74) is 1.33. The van der Waals surface area contributed by atoms with Crippen molar-refractivity contribution in [2.75, 3.05) is 23.7 Å². The first-order valence-corrected chi connectivity index (χ1v) is 9.16. The van der Waals surface area contributed by atoms with E-state index in [1.807, 2.05) is 19.1 Å². The van der Waals surface area contributed by atoms with Crippen molar-refractivity contribution in [2.45, 2.75) is 13.3 Å². The SMILES string of the molecule is CCc1cc(=O)[nH]c(-c2ccc(NCCNc3ncc(Cl)cc3Cl)nc2)n1. The third kappa shape index (κ3) is 5.18. The topological polar surface area (TPSA) is 95.6 Å². The lowest BCUT2D eigenvalue weighted by atomic mass is 10.2. The first kappa shape index (κ1) is 19.1. The Balaban J connectivity index is 1.56. The number of pyridine rings is 2. The third-order valence-electron chi connectivity index (χ3n) is 3.73. The van der Waals surface area contributed by atoms with Crippen LogP contribution in [0.2, 0.25) is 10.0 Å². The molecule has 3 aromatic heterocycles. The van der Waals surface area contributed by atoms with E-state index in [2.05, 4.69) is 30.6 Å². The number of aryl methyl sites for hydroxylation is 1. The van der Waals surface area contributed by atoms with Crippen molar-refractivity contribution in [2.24, 2.45) is 0 Å². The minimum atomic E-state index is -0.167. The van der Waals surface area contributed by atoms with Gasteiger partial charge in [0.05, 0.1) is 10.0 Å². The quantitative estimate of drug-likeness (QED) is 0.520. The maximum atomic E-state index is 11.7. The molecule has 0 saturated heterocycles. The minimum absolute atomic E-state index is 0.167. The summed E-state index contributed by atoms with van der Waals surface area (Å²) in [6.45, 7) is 3.18. The number of nitrogens with one attached hydrogen (secondary N) is 3. The Kier molecular flexibility index (Phi) is 6.26. The standard InChI is InChI=1S/C18H18Cl2N6O/c1-2-13-8-16(27)26-17(25-13)11-3-4-15(23-9-11)21-5-6-22-18-14(20)7-12(19)10-24-18/h3-4,7-10H,2,5-6H2,1H3,(H,21,23)(H,22,24)(H,25,26,27). The van der Waals surface area contributed by atoms with Gasteiger partial charge in [0.2, 0.25) is 0 Å². The normalized spacial score (nSPS) is 10.6. The fourth-order valence-corrected chi connectivity index (χ4v) is 2.83. The molecule has 0 aliphatic carbocycles. The van der Waals surface area contributed by atoms with E-state index in [0.717, 1.165) is 11.3 Å². The van der Waals surface area contributed by atoms with Crippen molar-refractivity contribution in [3.8, 4) is 11.4 Å². The summed E-state index contributed by atoms with van der Waals surface area (Å²) in [5, 5.41) is 7.29. The second-order valence-electron chi connectivity index (χ2n) is 5.71. The van der Waals surface area contributed by atoms with Crippen molar-refractivity contribution in [3.63, 3.8) is 0 Å². The molecule has 0 fully saturated rings. The highest BCUT2D eigenvalue weighted by atomic mass is 35.5. The van der Waals surface area contributed by atoms with Gasteiger partial charge in [0, 0.05) is 42.8 Å². The molecule has 0 saturated carbocycles. The molecule has 7 nitrogen and oxygen atoms in total. The zero-order valence-corrected chi connectivity index (χ0v) is 16.1. The van der Waals surface area contributed by atoms with Crippen LogP contribution in [0.5, 0.6) is 0 Å². The lowest BCUT2D eigenvalue weighted by molar-refractivity contribution is 0.985. The van der Waals surface area contributed by atoms with Crippen molar-refractivity contribution >= 4 is 34.8 Å². The van der Waals surface area contributed by atoms with Gasteiger partial charge in [-0.25, -0.2) is 15.0 Å². The molecule has 0 spiro atoms. The van der Waals surface area contributed by atoms with E-state index >= 15 is 0 Å². The van der Waals surface area contributed by atoms with Gasteiger partial charge in [0.15, 0.2) is 0 Å². The van der Waals surface area contributed by atoms with E-state index in [1.54, 1.807) is 12.3 Å². The molecule has 9 heteroatoms. The van der Waals surface area contributed by atoms with Crippen LogP contribution in [0.3, 0.4) is 0 Å². The van der Waals surface area contributed by atoms with Crippen LogP contribution < -0.4 is 16.2 Å². The first-order valence-electron chi connectivity index (χ1n) is 8.40. The van der Waals surface area contributed by atoms with E-state index in [-0.39, 0.29) is 5.56 Å². The highest BCUT2D eigenvalue weighted by Gasteiger charge is 2.05. The number of halogens is 2. The minimum Gasteiger partial charge on any atom is -0.368 e. The third-order valence-corrected chi connectivity index (χ3v) is 4.22. The molecule has 0 atom stereocenters. The smallest absolute Gasteiger partial charge is 0.251 e. The lowest BCUT2D eigenvalue weighted by Gasteiger charge is -2.09. The Morgan fingerprint density at radius 3 is 2.59 bits per heavy atom. The van der Waals surface area contributed by atoms with Crippen LogP contribution in [0.1, 0.15) is 12.6 Å². The fraction of sp³-hybridized carbons (Fsp3) is 0.222. The number of hydrogen-bond donors (Lipinski definition) is 3. The second-order valence-corrected chi connectivity index (χ2v) is 6.55. The van der Waals surface area contributed by atoms with Crippen LogP contribution in [0.15, 0.2) is 41.5 Å². The highest BCUT2D eigenvalue weighted by Crippen LogP contribution is 2.22. The van der Waals surface area contributed by atoms with Crippen LogP contribution in [0.4, 0.5) is 11.6 Å². The number of anilines is 2. The number of rotatable bonds is 7. The Bertz CT molecular complexity index is 974. The van der Waals surface area contributed by atoms with Crippen molar-refractivity contribution in [1.82, 2.24) is 19.9 Å². The number of aromatic nitrogens is 4. The van der Waals surface area contributed by atoms with Gasteiger partial charge in [-0.15, -0.1) is 0 Å². The maximum Gasteiger partial charge on any atom is 0.251 e. The monoisotopic (exact) mass is 404 g/mol. The van der Waals surface area contributed by atoms with E-state index in [9.17, 15) is 4.79 Å². The van der Waals surface area contributed by atoms with Crippen LogP contribution >= 0.6 is 23.2 Å². The summed E-state index contributed by atoms with van der Waals surface area (Å²) in [6, 6.07) is 6.83. The molecule has 0 aliphatic heterocycles. The molecule has 140 valence electrons. The Hall–Kier alpha value is -2.64.